The van der Waals surface area contributed by atoms with Gasteiger partial charge in [-0.2, -0.15) is 0 Å². The van der Waals surface area contributed by atoms with Gasteiger partial charge in [0.05, 0.1) is 6.10 Å². The van der Waals surface area contributed by atoms with Crippen molar-refractivity contribution in [2.24, 2.45) is 5.92 Å². The molecule has 0 bridgehead atoms. The molecule has 0 saturated heterocycles. The number of hydrogen-bond acceptors (Lipinski definition) is 2. The van der Waals surface area contributed by atoms with Crippen LogP contribution in [0.15, 0.2) is 0 Å². The third-order valence-electron chi connectivity index (χ3n) is 2.92. The van der Waals surface area contributed by atoms with Crippen molar-refractivity contribution in [3.8, 4) is 0 Å². The Morgan fingerprint density at radius 3 is 2.46 bits per heavy atom. The largest absolute Gasteiger partial charge is 0.392 e. The highest BCUT2D eigenvalue weighted by atomic mass is 16.3. The summed E-state index contributed by atoms with van der Waals surface area (Å²) in [6, 6.07) is 0.567. The molecule has 0 aromatic carbocycles. The van der Waals surface area contributed by atoms with Gasteiger partial charge in [0.1, 0.15) is 0 Å². The molecule has 1 aliphatic rings. The molecule has 78 valence electrons. The molecule has 0 aromatic rings. The fourth-order valence-electron chi connectivity index (χ4n) is 2.20. The minimum absolute atomic E-state index is 0.217. The van der Waals surface area contributed by atoms with Gasteiger partial charge in [-0.15, -0.1) is 0 Å². The van der Waals surface area contributed by atoms with Gasteiger partial charge in [0, 0.05) is 12.6 Å². The lowest BCUT2D eigenvalue weighted by Gasteiger charge is -2.18. The van der Waals surface area contributed by atoms with Crippen molar-refractivity contribution in [3.05, 3.63) is 0 Å². The van der Waals surface area contributed by atoms with Gasteiger partial charge >= 0.3 is 0 Å². The average Bonchev–Trinajstić information content (AvgIpc) is 2.53. The molecular weight excluding hydrogens is 162 g/mol. The molecule has 0 amide bonds. The van der Waals surface area contributed by atoms with Crippen LogP contribution < -0.4 is 5.32 Å². The summed E-state index contributed by atoms with van der Waals surface area (Å²) in [4.78, 5) is 0. The second-order valence-corrected chi connectivity index (χ2v) is 4.54. The van der Waals surface area contributed by atoms with E-state index in [2.05, 4.69) is 12.2 Å². The molecule has 1 unspecified atom stereocenters. The fourth-order valence-corrected chi connectivity index (χ4v) is 2.20. The van der Waals surface area contributed by atoms with Gasteiger partial charge in [0.15, 0.2) is 0 Å². The molecule has 2 nitrogen and oxygen atoms in total. The summed E-state index contributed by atoms with van der Waals surface area (Å²) in [7, 11) is 0. The van der Waals surface area contributed by atoms with Gasteiger partial charge in [-0.1, -0.05) is 25.7 Å². The highest BCUT2D eigenvalue weighted by Gasteiger charge is 2.17. The van der Waals surface area contributed by atoms with Crippen molar-refractivity contribution >= 4 is 0 Å². The predicted molar refractivity (Wildman–Crippen MR) is 55.7 cm³/mol. The number of hydrogen-bond donors (Lipinski definition) is 2. The van der Waals surface area contributed by atoms with E-state index in [1.165, 1.54) is 32.1 Å². The van der Waals surface area contributed by atoms with E-state index in [4.69, 9.17) is 5.11 Å². The van der Waals surface area contributed by atoms with Gasteiger partial charge in [-0.05, 0) is 26.2 Å². The minimum atomic E-state index is -0.217. The number of aliphatic hydroxyl groups excluding tert-OH is 1. The molecule has 0 radical (unpaired) electrons. The van der Waals surface area contributed by atoms with Gasteiger partial charge < -0.3 is 10.4 Å². The Kier molecular flexibility index (Phi) is 4.74. The molecule has 0 spiro atoms. The standard InChI is InChI=1S/C11H23NO/c1-9(12-8-10(2)13)7-11-5-3-4-6-11/h9-13H,3-8H2,1-2H3/t9?,10-/m0/s1. The Labute approximate surface area is 81.7 Å². The van der Waals surface area contributed by atoms with Crippen LogP contribution in [0, 0.1) is 5.92 Å². The lowest BCUT2D eigenvalue weighted by Crippen LogP contribution is -2.33. The smallest absolute Gasteiger partial charge is 0.0636 e. The molecule has 1 rings (SSSR count). The summed E-state index contributed by atoms with van der Waals surface area (Å²) in [6.45, 7) is 4.78. The van der Waals surface area contributed by atoms with E-state index in [-0.39, 0.29) is 6.10 Å². The summed E-state index contributed by atoms with van der Waals surface area (Å²) in [5, 5.41) is 12.5. The van der Waals surface area contributed by atoms with Crippen LogP contribution in [0.1, 0.15) is 46.0 Å². The molecule has 1 saturated carbocycles. The predicted octanol–water partition coefficient (Wildman–Crippen LogP) is 1.93. The van der Waals surface area contributed by atoms with Crippen LogP contribution in [-0.2, 0) is 0 Å². The average molecular weight is 185 g/mol. The molecule has 1 aliphatic carbocycles. The third-order valence-corrected chi connectivity index (χ3v) is 2.92. The molecular formula is C11H23NO. The first-order chi connectivity index (χ1) is 6.18. The Morgan fingerprint density at radius 2 is 1.92 bits per heavy atom. The normalized spacial score (nSPS) is 23.3. The maximum absolute atomic E-state index is 9.10. The molecule has 2 N–H and O–H groups in total. The Morgan fingerprint density at radius 1 is 1.31 bits per heavy atom. The van der Waals surface area contributed by atoms with E-state index < -0.39 is 0 Å². The van der Waals surface area contributed by atoms with Crippen LogP contribution in [0.4, 0.5) is 0 Å². The zero-order valence-electron chi connectivity index (χ0n) is 8.92. The number of nitrogens with one attached hydrogen (secondary N) is 1. The second-order valence-electron chi connectivity index (χ2n) is 4.54. The van der Waals surface area contributed by atoms with Gasteiger partial charge in [-0.3, -0.25) is 0 Å². The van der Waals surface area contributed by atoms with Gasteiger partial charge in [0.2, 0.25) is 0 Å². The van der Waals surface area contributed by atoms with Crippen LogP contribution in [0.2, 0.25) is 0 Å². The number of aliphatic hydroxyl groups is 1. The van der Waals surface area contributed by atoms with E-state index in [0.29, 0.717) is 6.04 Å². The van der Waals surface area contributed by atoms with Crippen molar-refractivity contribution in [1.29, 1.82) is 0 Å². The van der Waals surface area contributed by atoms with E-state index >= 15 is 0 Å². The van der Waals surface area contributed by atoms with Crippen LogP contribution in [0.25, 0.3) is 0 Å². The monoisotopic (exact) mass is 185 g/mol. The van der Waals surface area contributed by atoms with Crippen LogP contribution in [0.5, 0.6) is 0 Å². The maximum atomic E-state index is 9.10. The van der Waals surface area contributed by atoms with E-state index in [1.54, 1.807) is 0 Å². The molecule has 0 heterocycles. The lowest BCUT2D eigenvalue weighted by atomic mass is 9.99. The summed E-state index contributed by atoms with van der Waals surface area (Å²) >= 11 is 0. The zero-order valence-corrected chi connectivity index (χ0v) is 8.92. The first-order valence-corrected chi connectivity index (χ1v) is 5.60. The molecule has 0 aromatic heterocycles. The first-order valence-electron chi connectivity index (χ1n) is 5.60. The van der Waals surface area contributed by atoms with Crippen molar-refractivity contribution in [2.45, 2.75) is 58.1 Å². The van der Waals surface area contributed by atoms with Crippen LogP contribution in [-0.4, -0.2) is 23.8 Å². The van der Waals surface area contributed by atoms with E-state index in [0.717, 1.165) is 12.5 Å². The van der Waals surface area contributed by atoms with E-state index in [1.807, 2.05) is 6.92 Å². The quantitative estimate of drug-likeness (QED) is 0.686. The first kappa shape index (κ1) is 11.0. The Balaban J connectivity index is 2.05. The zero-order chi connectivity index (χ0) is 9.68. The van der Waals surface area contributed by atoms with Gasteiger partial charge in [0.25, 0.3) is 0 Å². The van der Waals surface area contributed by atoms with Crippen LogP contribution >= 0.6 is 0 Å². The van der Waals surface area contributed by atoms with Crippen molar-refractivity contribution in [1.82, 2.24) is 5.32 Å². The molecule has 2 heteroatoms. The Hall–Kier alpha value is -0.0800. The second kappa shape index (κ2) is 5.61. The number of rotatable bonds is 5. The summed E-state index contributed by atoms with van der Waals surface area (Å²) in [6.07, 6.45) is 6.75. The lowest BCUT2D eigenvalue weighted by molar-refractivity contribution is 0.184. The summed E-state index contributed by atoms with van der Waals surface area (Å²) < 4.78 is 0. The molecule has 1 fully saturated rings. The fraction of sp³-hybridized carbons (Fsp3) is 1.00. The summed E-state index contributed by atoms with van der Waals surface area (Å²) in [5.74, 6) is 0.941. The SMILES string of the molecule is CC(CC1CCCC1)NC[C@H](C)O. The highest BCUT2D eigenvalue weighted by molar-refractivity contribution is 4.73. The topological polar surface area (TPSA) is 32.3 Å². The van der Waals surface area contributed by atoms with Crippen LogP contribution in [0.3, 0.4) is 0 Å². The Bertz CT molecular complexity index is 130. The summed E-state index contributed by atoms with van der Waals surface area (Å²) in [5.41, 5.74) is 0. The molecule has 2 atom stereocenters. The van der Waals surface area contributed by atoms with E-state index in [9.17, 15) is 0 Å². The third kappa shape index (κ3) is 4.63. The van der Waals surface area contributed by atoms with Crippen molar-refractivity contribution in [2.75, 3.05) is 6.54 Å². The minimum Gasteiger partial charge on any atom is -0.392 e. The highest BCUT2D eigenvalue weighted by Crippen LogP contribution is 2.28. The molecule has 13 heavy (non-hydrogen) atoms. The van der Waals surface area contributed by atoms with Crippen molar-refractivity contribution in [3.63, 3.8) is 0 Å². The van der Waals surface area contributed by atoms with Crippen molar-refractivity contribution < 1.29 is 5.11 Å². The molecule has 0 aliphatic heterocycles. The maximum Gasteiger partial charge on any atom is 0.0636 e. The van der Waals surface area contributed by atoms with Gasteiger partial charge in [-0.25, -0.2) is 0 Å².